The Kier molecular flexibility index (Phi) is 5.70. The number of nitrogens with one attached hydrogen (secondary N) is 3. The predicted molar refractivity (Wildman–Crippen MR) is 76.8 cm³/mol. The Morgan fingerprint density at radius 2 is 2.38 bits per heavy atom. The lowest BCUT2D eigenvalue weighted by Crippen LogP contribution is -2.37. The van der Waals surface area contributed by atoms with Crippen LogP contribution in [0.3, 0.4) is 0 Å². The maximum absolute atomic E-state index is 12.0. The molecule has 1 aliphatic heterocycles. The standard InChI is InChI=1S/C13H21N5O3/c1-21-5-4-14-2-3-15-13(20)10-6-12(19)18(9-10)11-7-16-17-8-11/h7-8,10,14H,2-6,9H2,1H3,(H,15,20)(H,16,17). The highest BCUT2D eigenvalue weighted by Crippen LogP contribution is 2.23. The molecule has 0 saturated carbocycles. The lowest BCUT2D eigenvalue weighted by molar-refractivity contribution is -0.126. The van der Waals surface area contributed by atoms with E-state index in [2.05, 4.69) is 20.8 Å². The first-order valence-corrected chi connectivity index (χ1v) is 6.99. The molecular weight excluding hydrogens is 274 g/mol. The highest BCUT2D eigenvalue weighted by molar-refractivity contribution is 6.00. The lowest BCUT2D eigenvalue weighted by atomic mass is 10.1. The fraction of sp³-hybridized carbons (Fsp3) is 0.615. The van der Waals surface area contributed by atoms with Crippen LogP contribution in [0.4, 0.5) is 5.69 Å². The Hall–Kier alpha value is -1.93. The van der Waals surface area contributed by atoms with Crippen LogP contribution in [0.2, 0.25) is 0 Å². The van der Waals surface area contributed by atoms with E-state index < -0.39 is 0 Å². The summed E-state index contributed by atoms with van der Waals surface area (Å²) < 4.78 is 4.91. The van der Waals surface area contributed by atoms with Crippen molar-refractivity contribution in [3.8, 4) is 0 Å². The smallest absolute Gasteiger partial charge is 0.227 e. The third-order valence-electron chi connectivity index (χ3n) is 3.38. The molecule has 0 aromatic carbocycles. The molecule has 2 heterocycles. The van der Waals surface area contributed by atoms with Crippen molar-refractivity contribution in [2.24, 2.45) is 5.92 Å². The van der Waals surface area contributed by atoms with E-state index in [1.165, 1.54) is 0 Å². The molecule has 1 saturated heterocycles. The first-order valence-electron chi connectivity index (χ1n) is 6.99. The average molecular weight is 295 g/mol. The maximum Gasteiger partial charge on any atom is 0.227 e. The van der Waals surface area contributed by atoms with Crippen LogP contribution in [0.1, 0.15) is 6.42 Å². The van der Waals surface area contributed by atoms with Crippen LogP contribution < -0.4 is 15.5 Å². The minimum absolute atomic E-state index is 0.0465. The SMILES string of the molecule is COCCNCCNC(=O)C1CC(=O)N(c2cn[nH]c2)C1. The molecule has 2 rings (SSSR count). The molecule has 0 spiro atoms. The van der Waals surface area contributed by atoms with Crippen LogP contribution in [0.15, 0.2) is 12.4 Å². The topological polar surface area (TPSA) is 99.3 Å². The number of aromatic amines is 1. The number of hydrogen-bond donors (Lipinski definition) is 3. The molecule has 2 amide bonds. The average Bonchev–Trinajstić information content (AvgIpc) is 3.11. The first kappa shape index (κ1) is 15.5. The molecule has 3 N–H and O–H groups in total. The van der Waals surface area contributed by atoms with Gasteiger partial charge >= 0.3 is 0 Å². The van der Waals surface area contributed by atoms with Crippen molar-refractivity contribution in [2.75, 3.05) is 44.8 Å². The number of nitrogens with zero attached hydrogens (tertiary/aromatic N) is 2. The van der Waals surface area contributed by atoms with E-state index in [0.29, 0.717) is 31.9 Å². The summed E-state index contributed by atoms with van der Waals surface area (Å²) >= 11 is 0. The molecule has 8 heteroatoms. The maximum atomic E-state index is 12.0. The van der Waals surface area contributed by atoms with Gasteiger partial charge in [0.2, 0.25) is 11.8 Å². The van der Waals surface area contributed by atoms with Gasteiger partial charge in [-0.3, -0.25) is 14.7 Å². The van der Waals surface area contributed by atoms with E-state index >= 15 is 0 Å². The van der Waals surface area contributed by atoms with Crippen molar-refractivity contribution < 1.29 is 14.3 Å². The van der Waals surface area contributed by atoms with Crippen molar-refractivity contribution in [3.05, 3.63) is 12.4 Å². The number of methoxy groups -OCH3 is 1. The summed E-state index contributed by atoms with van der Waals surface area (Å²) in [7, 11) is 1.65. The molecule has 0 bridgehead atoms. The summed E-state index contributed by atoms with van der Waals surface area (Å²) in [6, 6.07) is 0. The molecule has 116 valence electrons. The fourth-order valence-electron chi connectivity index (χ4n) is 2.24. The minimum atomic E-state index is -0.300. The van der Waals surface area contributed by atoms with Gasteiger partial charge in [0.25, 0.3) is 0 Å². The highest BCUT2D eigenvalue weighted by Gasteiger charge is 2.35. The highest BCUT2D eigenvalue weighted by atomic mass is 16.5. The van der Waals surface area contributed by atoms with E-state index in [0.717, 1.165) is 6.54 Å². The summed E-state index contributed by atoms with van der Waals surface area (Å²) in [5, 5.41) is 12.5. The Bertz CT molecular complexity index is 462. The Morgan fingerprint density at radius 3 is 3.10 bits per heavy atom. The number of anilines is 1. The summed E-state index contributed by atoms with van der Waals surface area (Å²) in [5.74, 6) is -0.427. The fourth-order valence-corrected chi connectivity index (χ4v) is 2.24. The quantitative estimate of drug-likeness (QED) is 0.541. The van der Waals surface area contributed by atoms with Gasteiger partial charge in [0.05, 0.1) is 24.4 Å². The Balaban J connectivity index is 1.71. The van der Waals surface area contributed by atoms with Gasteiger partial charge in [-0.2, -0.15) is 5.10 Å². The van der Waals surface area contributed by atoms with Crippen LogP contribution in [-0.4, -0.2) is 61.9 Å². The number of hydrogen-bond acceptors (Lipinski definition) is 5. The predicted octanol–water partition coefficient (Wildman–Crippen LogP) is -0.885. The third-order valence-corrected chi connectivity index (χ3v) is 3.38. The number of amides is 2. The van der Waals surface area contributed by atoms with E-state index in [4.69, 9.17) is 4.74 Å². The van der Waals surface area contributed by atoms with Crippen LogP contribution in [0.5, 0.6) is 0 Å². The number of carbonyl (C=O) groups excluding carboxylic acids is 2. The van der Waals surface area contributed by atoms with E-state index in [1.807, 2.05) is 0 Å². The van der Waals surface area contributed by atoms with Crippen molar-refractivity contribution in [2.45, 2.75) is 6.42 Å². The van der Waals surface area contributed by atoms with Crippen LogP contribution in [0, 0.1) is 5.92 Å². The van der Waals surface area contributed by atoms with Crippen LogP contribution in [0.25, 0.3) is 0 Å². The zero-order chi connectivity index (χ0) is 15.1. The van der Waals surface area contributed by atoms with Crippen molar-refractivity contribution in [3.63, 3.8) is 0 Å². The van der Waals surface area contributed by atoms with Gasteiger partial charge in [0, 0.05) is 45.9 Å². The van der Waals surface area contributed by atoms with Gasteiger partial charge in [-0.25, -0.2) is 0 Å². The van der Waals surface area contributed by atoms with Gasteiger partial charge in [-0.1, -0.05) is 0 Å². The zero-order valence-electron chi connectivity index (χ0n) is 12.1. The normalized spacial score (nSPS) is 18.2. The second-order valence-electron chi connectivity index (χ2n) is 4.90. The first-order chi connectivity index (χ1) is 10.2. The Labute approximate surface area is 123 Å². The van der Waals surface area contributed by atoms with Crippen LogP contribution >= 0.6 is 0 Å². The summed E-state index contributed by atoms with van der Waals surface area (Å²) in [4.78, 5) is 25.5. The minimum Gasteiger partial charge on any atom is -0.383 e. The second kappa shape index (κ2) is 7.75. The summed E-state index contributed by atoms with van der Waals surface area (Å²) in [6.07, 6.45) is 3.48. The molecule has 1 aliphatic rings. The molecule has 0 radical (unpaired) electrons. The molecule has 21 heavy (non-hydrogen) atoms. The van der Waals surface area contributed by atoms with E-state index in [1.54, 1.807) is 24.4 Å². The number of ether oxygens (including phenoxy) is 1. The largest absolute Gasteiger partial charge is 0.383 e. The van der Waals surface area contributed by atoms with Crippen molar-refractivity contribution >= 4 is 17.5 Å². The molecule has 8 nitrogen and oxygen atoms in total. The molecule has 1 aromatic heterocycles. The zero-order valence-corrected chi connectivity index (χ0v) is 12.1. The molecule has 0 aliphatic carbocycles. The van der Waals surface area contributed by atoms with Crippen molar-refractivity contribution in [1.29, 1.82) is 0 Å². The Morgan fingerprint density at radius 1 is 1.52 bits per heavy atom. The molecule has 1 atom stereocenters. The summed E-state index contributed by atoms with van der Waals surface area (Å²) in [6.45, 7) is 3.02. The number of rotatable bonds is 8. The number of carbonyl (C=O) groups is 2. The number of H-pyrrole nitrogens is 1. The molecule has 1 unspecified atom stereocenters. The lowest BCUT2D eigenvalue weighted by Gasteiger charge is -2.14. The van der Waals surface area contributed by atoms with Gasteiger partial charge in [-0.15, -0.1) is 0 Å². The third kappa shape index (κ3) is 4.27. The number of aromatic nitrogens is 2. The molecule has 1 fully saturated rings. The van der Waals surface area contributed by atoms with Gasteiger partial charge in [-0.05, 0) is 0 Å². The summed E-state index contributed by atoms with van der Waals surface area (Å²) in [5.41, 5.74) is 0.705. The monoisotopic (exact) mass is 295 g/mol. The van der Waals surface area contributed by atoms with E-state index in [-0.39, 0.29) is 24.2 Å². The molecular formula is C13H21N5O3. The van der Waals surface area contributed by atoms with Crippen molar-refractivity contribution in [1.82, 2.24) is 20.8 Å². The van der Waals surface area contributed by atoms with E-state index in [9.17, 15) is 9.59 Å². The van der Waals surface area contributed by atoms with Gasteiger partial charge < -0.3 is 20.3 Å². The van der Waals surface area contributed by atoms with Gasteiger partial charge in [0.1, 0.15) is 0 Å². The second-order valence-corrected chi connectivity index (χ2v) is 4.90. The van der Waals surface area contributed by atoms with Gasteiger partial charge in [0.15, 0.2) is 0 Å². The molecule has 1 aromatic rings. The van der Waals surface area contributed by atoms with Crippen LogP contribution in [-0.2, 0) is 14.3 Å².